The number of amides is 1. The molecule has 0 aromatic carbocycles. The monoisotopic (exact) mass is 250 g/mol. The van der Waals surface area contributed by atoms with E-state index < -0.39 is 0 Å². The normalized spacial score (nSPS) is 19.4. The van der Waals surface area contributed by atoms with Crippen molar-refractivity contribution in [1.29, 1.82) is 0 Å². The molecule has 0 radical (unpaired) electrons. The van der Waals surface area contributed by atoms with E-state index in [1.165, 1.54) is 4.90 Å². The lowest BCUT2D eigenvalue weighted by molar-refractivity contribution is -0.117. The molecule has 0 saturated carbocycles. The molecule has 0 aliphatic carbocycles. The van der Waals surface area contributed by atoms with Gasteiger partial charge in [-0.3, -0.25) is 9.69 Å². The van der Waals surface area contributed by atoms with E-state index in [0.29, 0.717) is 31.3 Å². The second kappa shape index (κ2) is 5.05. The van der Waals surface area contributed by atoms with Crippen molar-refractivity contribution in [3.63, 3.8) is 0 Å². The fourth-order valence-corrected chi connectivity index (χ4v) is 1.82. The first-order chi connectivity index (χ1) is 8.61. The number of anilines is 1. The van der Waals surface area contributed by atoms with Gasteiger partial charge in [-0.05, 0) is 16.6 Å². The first-order valence-electron chi connectivity index (χ1n) is 5.76. The minimum absolute atomic E-state index is 0.0226. The molecule has 1 fully saturated rings. The van der Waals surface area contributed by atoms with Gasteiger partial charge in [0.15, 0.2) is 0 Å². The van der Waals surface area contributed by atoms with Crippen molar-refractivity contribution in [2.45, 2.75) is 26.2 Å². The average Bonchev–Trinajstić information content (AvgIpc) is 2.92. The molecule has 96 valence electrons. The van der Waals surface area contributed by atoms with Gasteiger partial charge in [0.1, 0.15) is 0 Å². The summed E-state index contributed by atoms with van der Waals surface area (Å²) in [6.45, 7) is 4.66. The molecule has 8 nitrogen and oxygen atoms in total. The summed E-state index contributed by atoms with van der Waals surface area (Å²) in [6.07, 6.45) is 0.352. The van der Waals surface area contributed by atoms with Gasteiger partial charge in [-0.1, -0.05) is 19.0 Å². The third-order valence-electron chi connectivity index (χ3n) is 2.77. The maximum Gasteiger partial charge on any atom is 0.272 e. The van der Waals surface area contributed by atoms with Gasteiger partial charge in [-0.2, -0.15) is 4.98 Å². The first-order valence-corrected chi connectivity index (χ1v) is 5.76. The Morgan fingerprint density at radius 2 is 2.44 bits per heavy atom. The zero-order valence-corrected chi connectivity index (χ0v) is 10.3. The fourth-order valence-electron chi connectivity index (χ4n) is 1.82. The molecule has 1 aromatic rings. The van der Waals surface area contributed by atoms with Crippen molar-refractivity contribution >= 4 is 11.9 Å². The van der Waals surface area contributed by atoms with Crippen LogP contribution in [0.4, 0.5) is 5.95 Å². The number of rotatable bonds is 4. The Morgan fingerprint density at radius 1 is 1.67 bits per heavy atom. The topological polar surface area (TPSA) is 108 Å². The molecule has 1 saturated heterocycles. The molecule has 0 spiro atoms. The van der Waals surface area contributed by atoms with Crippen LogP contribution in [-0.2, 0) is 4.79 Å². The van der Waals surface area contributed by atoms with E-state index >= 15 is 0 Å². The van der Waals surface area contributed by atoms with Crippen molar-refractivity contribution in [3.05, 3.63) is 16.3 Å². The lowest BCUT2D eigenvalue weighted by Gasteiger charge is -2.09. The SMILES string of the molecule is CC(C)c1nc(N2CC(CN=[N+]=[N-])CC2=O)no1. The highest BCUT2D eigenvalue weighted by Crippen LogP contribution is 2.24. The van der Waals surface area contributed by atoms with Crippen LogP contribution in [0.1, 0.15) is 32.1 Å². The summed E-state index contributed by atoms with van der Waals surface area (Å²) in [5.74, 6) is 0.894. The molecule has 18 heavy (non-hydrogen) atoms. The van der Waals surface area contributed by atoms with Crippen molar-refractivity contribution < 1.29 is 9.32 Å². The van der Waals surface area contributed by atoms with E-state index in [0.717, 1.165) is 0 Å². The highest BCUT2D eigenvalue weighted by Gasteiger charge is 2.33. The van der Waals surface area contributed by atoms with Gasteiger partial charge in [0.2, 0.25) is 11.8 Å². The van der Waals surface area contributed by atoms with Gasteiger partial charge < -0.3 is 4.52 Å². The minimum atomic E-state index is -0.0655. The zero-order chi connectivity index (χ0) is 13.1. The molecule has 2 heterocycles. The summed E-state index contributed by atoms with van der Waals surface area (Å²) in [5.41, 5.74) is 8.26. The Morgan fingerprint density at radius 3 is 3.06 bits per heavy atom. The second-order valence-electron chi connectivity index (χ2n) is 4.58. The Kier molecular flexibility index (Phi) is 3.47. The molecular formula is C10H14N6O2. The van der Waals surface area contributed by atoms with Crippen LogP contribution in [0.25, 0.3) is 10.4 Å². The maximum atomic E-state index is 11.8. The van der Waals surface area contributed by atoms with Crippen molar-refractivity contribution in [3.8, 4) is 0 Å². The lowest BCUT2D eigenvalue weighted by Crippen LogP contribution is -2.26. The predicted molar refractivity (Wildman–Crippen MR) is 62.9 cm³/mol. The van der Waals surface area contributed by atoms with Gasteiger partial charge in [0.05, 0.1) is 0 Å². The first kappa shape index (κ1) is 12.4. The predicted octanol–water partition coefficient (Wildman–Crippen LogP) is 1.86. The van der Waals surface area contributed by atoms with Crippen LogP contribution in [-0.4, -0.2) is 29.1 Å². The van der Waals surface area contributed by atoms with E-state index in [1.807, 2.05) is 13.8 Å². The van der Waals surface area contributed by atoms with E-state index in [9.17, 15) is 4.79 Å². The van der Waals surface area contributed by atoms with E-state index in [2.05, 4.69) is 20.2 Å². The van der Waals surface area contributed by atoms with Crippen LogP contribution in [0.2, 0.25) is 0 Å². The Hall–Kier alpha value is -2.08. The van der Waals surface area contributed by atoms with Crippen LogP contribution < -0.4 is 4.90 Å². The van der Waals surface area contributed by atoms with E-state index in [1.54, 1.807) is 0 Å². The molecule has 2 rings (SSSR count). The summed E-state index contributed by atoms with van der Waals surface area (Å²) in [5, 5.41) is 7.29. The average molecular weight is 250 g/mol. The van der Waals surface area contributed by atoms with E-state index in [-0.39, 0.29) is 17.7 Å². The molecule has 0 bridgehead atoms. The number of azide groups is 1. The van der Waals surface area contributed by atoms with Crippen LogP contribution in [0.3, 0.4) is 0 Å². The number of hydrogen-bond donors (Lipinski definition) is 0. The van der Waals surface area contributed by atoms with Gasteiger partial charge in [0, 0.05) is 30.3 Å². The highest BCUT2D eigenvalue weighted by molar-refractivity contribution is 5.93. The third-order valence-corrected chi connectivity index (χ3v) is 2.77. The summed E-state index contributed by atoms with van der Waals surface area (Å²) in [4.78, 5) is 20.2. The smallest absolute Gasteiger partial charge is 0.272 e. The fraction of sp³-hybridized carbons (Fsp3) is 0.700. The number of nitrogens with zero attached hydrogens (tertiary/aromatic N) is 6. The maximum absolute atomic E-state index is 11.8. The van der Waals surface area contributed by atoms with Gasteiger partial charge in [-0.25, -0.2) is 0 Å². The lowest BCUT2D eigenvalue weighted by atomic mass is 10.1. The molecule has 1 atom stereocenters. The van der Waals surface area contributed by atoms with Gasteiger partial charge >= 0.3 is 0 Å². The van der Waals surface area contributed by atoms with Crippen LogP contribution in [0.15, 0.2) is 9.64 Å². The number of hydrogen-bond acceptors (Lipinski definition) is 5. The van der Waals surface area contributed by atoms with Crippen LogP contribution >= 0.6 is 0 Å². The molecule has 1 aromatic heterocycles. The molecule has 8 heteroatoms. The highest BCUT2D eigenvalue weighted by atomic mass is 16.5. The quantitative estimate of drug-likeness (QED) is 0.461. The Labute approximate surface area is 104 Å². The zero-order valence-electron chi connectivity index (χ0n) is 10.3. The van der Waals surface area contributed by atoms with Crippen molar-refractivity contribution in [2.75, 3.05) is 18.0 Å². The van der Waals surface area contributed by atoms with Crippen molar-refractivity contribution in [1.82, 2.24) is 10.1 Å². The van der Waals surface area contributed by atoms with Gasteiger partial charge in [0.25, 0.3) is 5.95 Å². The number of carbonyl (C=O) groups excluding carboxylic acids is 1. The molecular weight excluding hydrogens is 236 g/mol. The Bertz CT molecular complexity index is 490. The molecule has 1 aliphatic heterocycles. The number of aromatic nitrogens is 2. The van der Waals surface area contributed by atoms with Crippen LogP contribution in [0.5, 0.6) is 0 Å². The summed E-state index contributed by atoms with van der Waals surface area (Å²) in [7, 11) is 0. The molecule has 1 amide bonds. The standard InChI is InChI=1S/C10H14N6O2/c1-6(2)9-13-10(14-18-9)16-5-7(3-8(16)17)4-12-15-11/h6-7H,3-5H2,1-2H3. The summed E-state index contributed by atoms with van der Waals surface area (Å²) in [6, 6.07) is 0. The largest absolute Gasteiger partial charge is 0.337 e. The summed E-state index contributed by atoms with van der Waals surface area (Å²) < 4.78 is 5.07. The number of carbonyl (C=O) groups is 1. The summed E-state index contributed by atoms with van der Waals surface area (Å²) >= 11 is 0. The third kappa shape index (κ3) is 2.43. The van der Waals surface area contributed by atoms with Crippen molar-refractivity contribution in [2.24, 2.45) is 11.0 Å². The molecule has 0 N–H and O–H groups in total. The van der Waals surface area contributed by atoms with Gasteiger partial charge in [-0.15, -0.1) is 0 Å². The minimum Gasteiger partial charge on any atom is -0.337 e. The molecule has 1 aliphatic rings. The van der Waals surface area contributed by atoms with E-state index in [4.69, 9.17) is 10.1 Å². The van der Waals surface area contributed by atoms with Crippen LogP contribution in [0, 0.1) is 5.92 Å². The molecule has 1 unspecified atom stereocenters. The second-order valence-corrected chi connectivity index (χ2v) is 4.58. The Balaban J connectivity index is 2.08.